The van der Waals surface area contributed by atoms with Crippen molar-refractivity contribution < 1.29 is 14.3 Å². The van der Waals surface area contributed by atoms with Crippen LogP contribution in [-0.4, -0.2) is 17.3 Å². The fourth-order valence-electron chi connectivity index (χ4n) is 3.35. The van der Waals surface area contributed by atoms with E-state index < -0.39 is 0 Å². The van der Waals surface area contributed by atoms with Crippen LogP contribution < -0.4 is 14.4 Å². The molecule has 1 amide bonds. The van der Waals surface area contributed by atoms with Crippen LogP contribution in [0.25, 0.3) is 6.08 Å². The van der Waals surface area contributed by atoms with Crippen molar-refractivity contribution in [3.8, 4) is 11.5 Å². The summed E-state index contributed by atoms with van der Waals surface area (Å²) in [6.45, 7) is 4.50. The molecule has 3 aromatic carbocycles. The quantitative estimate of drug-likeness (QED) is 0.318. The van der Waals surface area contributed by atoms with Crippen molar-refractivity contribution in [3.63, 3.8) is 0 Å². The molecule has 1 aliphatic heterocycles. The molecule has 0 N–H and O–H groups in total. The third-order valence-corrected chi connectivity index (χ3v) is 6.36. The Bertz CT molecular complexity index is 1200. The second-order valence-corrected chi connectivity index (χ2v) is 9.22. The molecule has 0 atom stereocenters. The third kappa shape index (κ3) is 4.87. The van der Waals surface area contributed by atoms with Crippen molar-refractivity contribution in [3.05, 3.63) is 93.9 Å². The number of ether oxygens (including phenoxy) is 2. The molecule has 32 heavy (non-hydrogen) atoms. The van der Waals surface area contributed by atoms with E-state index in [-0.39, 0.29) is 5.91 Å². The molecule has 162 valence electrons. The molecule has 0 aromatic heterocycles. The molecule has 0 radical (unpaired) electrons. The van der Waals surface area contributed by atoms with Gasteiger partial charge in [0.25, 0.3) is 5.91 Å². The molecule has 1 fully saturated rings. The molecule has 4 rings (SSSR count). The van der Waals surface area contributed by atoms with E-state index >= 15 is 0 Å². The molecular formula is C26H23NO3S2. The Morgan fingerprint density at radius 2 is 1.75 bits per heavy atom. The SMILES string of the molecule is COc1cc(/C=C2\SC(=S)N(c3cccc(C)c3)C2=O)ccc1OCc1ccc(C)cc1. The van der Waals surface area contributed by atoms with Crippen molar-refractivity contribution in [1.29, 1.82) is 0 Å². The second kappa shape index (κ2) is 9.59. The highest BCUT2D eigenvalue weighted by Gasteiger charge is 2.33. The van der Waals surface area contributed by atoms with Crippen LogP contribution in [-0.2, 0) is 11.4 Å². The highest BCUT2D eigenvalue weighted by atomic mass is 32.2. The number of benzene rings is 3. The van der Waals surface area contributed by atoms with Crippen LogP contribution in [0.3, 0.4) is 0 Å². The van der Waals surface area contributed by atoms with Crippen LogP contribution >= 0.6 is 24.0 Å². The van der Waals surface area contributed by atoms with Gasteiger partial charge in [-0.2, -0.15) is 0 Å². The topological polar surface area (TPSA) is 38.8 Å². The second-order valence-electron chi connectivity index (χ2n) is 7.54. The van der Waals surface area contributed by atoms with Crippen LogP contribution in [0, 0.1) is 13.8 Å². The molecule has 4 nitrogen and oxygen atoms in total. The van der Waals surface area contributed by atoms with Gasteiger partial charge in [-0.05, 0) is 60.9 Å². The molecule has 0 aliphatic carbocycles. The summed E-state index contributed by atoms with van der Waals surface area (Å²) in [6.07, 6.45) is 1.83. The number of anilines is 1. The Morgan fingerprint density at radius 1 is 0.969 bits per heavy atom. The molecule has 0 saturated carbocycles. The van der Waals surface area contributed by atoms with Gasteiger partial charge in [0.1, 0.15) is 6.61 Å². The summed E-state index contributed by atoms with van der Waals surface area (Å²) in [5.74, 6) is 1.14. The number of carbonyl (C=O) groups excluding carboxylic acids is 1. The zero-order valence-electron chi connectivity index (χ0n) is 18.1. The van der Waals surface area contributed by atoms with E-state index in [9.17, 15) is 4.79 Å². The lowest BCUT2D eigenvalue weighted by atomic mass is 10.1. The summed E-state index contributed by atoms with van der Waals surface area (Å²) < 4.78 is 12.0. The first-order valence-corrected chi connectivity index (χ1v) is 11.4. The minimum Gasteiger partial charge on any atom is -0.493 e. The molecule has 1 saturated heterocycles. The maximum atomic E-state index is 13.0. The van der Waals surface area contributed by atoms with Gasteiger partial charge in [0, 0.05) is 0 Å². The average molecular weight is 462 g/mol. The van der Waals surface area contributed by atoms with E-state index in [2.05, 4.69) is 19.1 Å². The van der Waals surface area contributed by atoms with Gasteiger partial charge in [0.2, 0.25) is 0 Å². The number of aryl methyl sites for hydroxylation is 2. The Balaban J connectivity index is 1.53. The Morgan fingerprint density at radius 3 is 2.47 bits per heavy atom. The largest absolute Gasteiger partial charge is 0.493 e. The fourth-order valence-corrected chi connectivity index (χ4v) is 4.65. The van der Waals surface area contributed by atoms with Gasteiger partial charge >= 0.3 is 0 Å². The first kappa shape index (κ1) is 22.1. The van der Waals surface area contributed by atoms with E-state index in [1.54, 1.807) is 12.0 Å². The van der Waals surface area contributed by atoms with E-state index in [4.69, 9.17) is 21.7 Å². The van der Waals surface area contributed by atoms with Crippen molar-refractivity contribution in [2.24, 2.45) is 0 Å². The summed E-state index contributed by atoms with van der Waals surface area (Å²) in [6, 6.07) is 21.6. The van der Waals surface area contributed by atoms with Crippen LogP contribution in [0.4, 0.5) is 5.69 Å². The maximum absolute atomic E-state index is 13.0. The van der Waals surface area contributed by atoms with E-state index in [0.717, 1.165) is 22.4 Å². The van der Waals surface area contributed by atoms with Crippen LogP contribution in [0.2, 0.25) is 0 Å². The maximum Gasteiger partial charge on any atom is 0.270 e. The number of thioether (sulfide) groups is 1. The fraction of sp³-hybridized carbons (Fsp3) is 0.154. The number of carbonyl (C=O) groups is 1. The van der Waals surface area contributed by atoms with E-state index in [0.29, 0.717) is 27.3 Å². The zero-order chi connectivity index (χ0) is 22.7. The predicted molar refractivity (Wildman–Crippen MR) is 135 cm³/mol. The Kier molecular flexibility index (Phi) is 6.63. The monoisotopic (exact) mass is 461 g/mol. The van der Waals surface area contributed by atoms with Gasteiger partial charge < -0.3 is 9.47 Å². The number of methoxy groups -OCH3 is 1. The molecule has 0 spiro atoms. The van der Waals surface area contributed by atoms with Crippen molar-refractivity contribution in [2.75, 3.05) is 12.0 Å². The average Bonchev–Trinajstić information content (AvgIpc) is 3.06. The van der Waals surface area contributed by atoms with Gasteiger partial charge in [-0.15, -0.1) is 0 Å². The van der Waals surface area contributed by atoms with Gasteiger partial charge in [0.15, 0.2) is 15.8 Å². The Hall–Kier alpha value is -3.09. The first-order chi connectivity index (χ1) is 15.4. The zero-order valence-corrected chi connectivity index (χ0v) is 19.8. The highest BCUT2D eigenvalue weighted by Crippen LogP contribution is 2.37. The smallest absolute Gasteiger partial charge is 0.270 e. The minimum atomic E-state index is -0.121. The number of thiocarbonyl (C=S) groups is 1. The minimum absolute atomic E-state index is 0.121. The summed E-state index contributed by atoms with van der Waals surface area (Å²) in [4.78, 5) is 15.2. The third-order valence-electron chi connectivity index (χ3n) is 5.05. The number of nitrogens with zero attached hydrogens (tertiary/aromatic N) is 1. The van der Waals surface area contributed by atoms with Gasteiger partial charge in [-0.25, -0.2) is 0 Å². The molecule has 0 unspecified atom stereocenters. The lowest BCUT2D eigenvalue weighted by Crippen LogP contribution is -2.27. The molecule has 1 aliphatic rings. The summed E-state index contributed by atoms with van der Waals surface area (Å²) in [5, 5.41) is 0. The lowest BCUT2D eigenvalue weighted by Gasteiger charge is -2.14. The summed E-state index contributed by atoms with van der Waals surface area (Å²) in [7, 11) is 1.61. The molecule has 6 heteroatoms. The predicted octanol–water partition coefficient (Wildman–Crippen LogP) is 6.30. The first-order valence-electron chi connectivity index (χ1n) is 10.2. The molecule has 0 bridgehead atoms. The number of amides is 1. The van der Waals surface area contributed by atoms with Gasteiger partial charge in [-0.1, -0.05) is 72.0 Å². The van der Waals surface area contributed by atoms with Gasteiger partial charge in [-0.3, -0.25) is 9.69 Å². The summed E-state index contributed by atoms with van der Waals surface area (Å²) in [5.41, 5.74) is 5.00. The van der Waals surface area contributed by atoms with E-state index in [1.165, 1.54) is 17.3 Å². The number of hydrogen-bond donors (Lipinski definition) is 0. The van der Waals surface area contributed by atoms with Crippen LogP contribution in [0.15, 0.2) is 71.6 Å². The van der Waals surface area contributed by atoms with Crippen molar-refractivity contribution in [1.82, 2.24) is 0 Å². The molecule has 1 heterocycles. The van der Waals surface area contributed by atoms with Gasteiger partial charge in [0.05, 0.1) is 17.7 Å². The van der Waals surface area contributed by atoms with E-state index in [1.807, 2.05) is 67.6 Å². The molecular weight excluding hydrogens is 438 g/mol. The van der Waals surface area contributed by atoms with Crippen molar-refractivity contribution in [2.45, 2.75) is 20.5 Å². The lowest BCUT2D eigenvalue weighted by molar-refractivity contribution is -0.113. The number of hydrogen-bond acceptors (Lipinski definition) is 5. The normalized spacial score (nSPS) is 14.8. The van der Waals surface area contributed by atoms with Crippen LogP contribution in [0.5, 0.6) is 11.5 Å². The Labute approximate surface area is 197 Å². The highest BCUT2D eigenvalue weighted by molar-refractivity contribution is 8.27. The van der Waals surface area contributed by atoms with Crippen molar-refractivity contribution >= 4 is 46.0 Å². The summed E-state index contributed by atoms with van der Waals surface area (Å²) >= 11 is 6.78. The number of rotatable bonds is 6. The van der Waals surface area contributed by atoms with Crippen LogP contribution in [0.1, 0.15) is 22.3 Å². The molecule has 3 aromatic rings. The standard InChI is InChI=1S/C26H23NO3S2/c1-17-7-9-19(10-8-17)16-30-22-12-11-20(14-23(22)29-3)15-24-25(28)27(26(31)32-24)21-6-4-5-18(2)13-21/h4-15H,16H2,1-3H3/b24-15-.